The first kappa shape index (κ1) is 20.9. The Kier molecular flexibility index (Phi) is 7.08. The molecule has 148 valence electrons. The smallest absolute Gasteiger partial charge is 0.271 e. The summed E-state index contributed by atoms with van der Waals surface area (Å²) in [5.41, 5.74) is 1.66. The first-order chi connectivity index (χ1) is 13.2. The summed E-state index contributed by atoms with van der Waals surface area (Å²) in [7, 11) is 0. The van der Waals surface area contributed by atoms with Crippen molar-refractivity contribution in [1.82, 2.24) is 0 Å². The molecular formula is C20H24N4O4. The zero-order valence-electron chi connectivity index (χ0n) is 16.1. The molecule has 2 amide bonds. The third-order valence-electron chi connectivity index (χ3n) is 3.86. The van der Waals surface area contributed by atoms with E-state index < -0.39 is 11.0 Å². The van der Waals surface area contributed by atoms with E-state index in [0.29, 0.717) is 23.5 Å². The summed E-state index contributed by atoms with van der Waals surface area (Å²) in [6, 6.07) is 12.2. The number of nitrogens with one attached hydrogen (secondary N) is 3. The number of nitrogens with zero attached hydrogens (tertiary/aromatic N) is 1. The molecule has 0 bridgehead atoms. The number of carbonyl (C=O) groups excluding carboxylic acids is 2. The van der Waals surface area contributed by atoms with Gasteiger partial charge in [0.1, 0.15) is 6.04 Å². The van der Waals surface area contributed by atoms with Gasteiger partial charge in [-0.3, -0.25) is 19.7 Å². The van der Waals surface area contributed by atoms with Gasteiger partial charge in [0.2, 0.25) is 11.8 Å². The van der Waals surface area contributed by atoms with E-state index in [2.05, 4.69) is 16.0 Å². The van der Waals surface area contributed by atoms with Crippen LogP contribution in [0.25, 0.3) is 0 Å². The van der Waals surface area contributed by atoms with E-state index in [0.717, 1.165) is 0 Å². The topological polar surface area (TPSA) is 113 Å². The van der Waals surface area contributed by atoms with Gasteiger partial charge >= 0.3 is 0 Å². The van der Waals surface area contributed by atoms with Crippen LogP contribution in [0.3, 0.4) is 0 Å². The number of anilines is 3. The molecule has 0 aliphatic rings. The highest BCUT2D eigenvalue weighted by atomic mass is 16.6. The van der Waals surface area contributed by atoms with Crippen LogP contribution >= 0.6 is 0 Å². The monoisotopic (exact) mass is 384 g/mol. The molecule has 0 aliphatic heterocycles. The third-order valence-corrected chi connectivity index (χ3v) is 3.86. The summed E-state index contributed by atoms with van der Waals surface area (Å²) < 4.78 is 0. The highest BCUT2D eigenvalue weighted by Crippen LogP contribution is 2.18. The van der Waals surface area contributed by atoms with E-state index in [9.17, 15) is 19.7 Å². The van der Waals surface area contributed by atoms with Crippen molar-refractivity contribution in [3.63, 3.8) is 0 Å². The molecule has 0 heterocycles. The van der Waals surface area contributed by atoms with Crippen LogP contribution in [-0.4, -0.2) is 22.8 Å². The molecule has 0 aliphatic carbocycles. The Hall–Kier alpha value is -3.42. The maximum Gasteiger partial charge on any atom is 0.271 e. The molecule has 0 fully saturated rings. The molecule has 0 aromatic heterocycles. The zero-order valence-corrected chi connectivity index (χ0v) is 16.1. The normalized spacial score (nSPS) is 11.6. The number of nitro benzene ring substituents is 1. The van der Waals surface area contributed by atoms with E-state index in [1.807, 2.05) is 13.8 Å². The van der Waals surface area contributed by atoms with Crippen molar-refractivity contribution in [1.29, 1.82) is 0 Å². The van der Waals surface area contributed by atoms with Crippen molar-refractivity contribution in [2.24, 2.45) is 5.92 Å². The minimum absolute atomic E-state index is 0.0413. The second-order valence-corrected chi connectivity index (χ2v) is 6.89. The molecule has 3 N–H and O–H groups in total. The number of non-ortho nitro benzene ring substituents is 1. The maximum absolute atomic E-state index is 12.3. The van der Waals surface area contributed by atoms with Gasteiger partial charge in [-0.05, 0) is 43.2 Å². The Balaban J connectivity index is 1.92. The fourth-order valence-corrected chi connectivity index (χ4v) is 2.50. The molecule has 0 saturated carbocycles. The lowest BCUT2D eigenvalue weighted by Gasteiger charge is -2.16. The van der Waals surface area contributed by atoms with Gasteiger partial charge in [-0.2, -0.15) is 0 Å². The molecule has 1 atom stereocenters. The minimum atomic E-state index is -0.569. The van der Waals surface area contributed by atoms with Gasteiger partial charge in [0.05, 0.1) is 4.92 Å². The summed E-state index contributed by atoms with van der Waals surface area (Å²) >= 11 is 0. The van der Waals surface area contributed by atoms with Crippen molar-refractivity contribution in [3.05, 3.63) is 58.6 Å². The van der Waals surface area contributed by atoms with Crippen LogP contribution < -0.4 is 16.0 Å². The average molecular weight is 384 g/mol. The fraction of sp³-hybridized carbons (Fsp3) is 0.300. The van der Waals surface area contributed by atoms with Gasteiger partial charge in [0.15, 0.2) is 0 Å². The van der Waals surface area contributed by atoms with Gasteiger partial charge in [0.25, 0.3) is 5.69 Å². The number of nitro groups is 1. The van der Waals surface area contributed by atoms with E-state index in [4.69, 9.17) is 0 Å². The number of amides is 2. The van der Waals surface area contributed by atoms with Crippen LogP contribution in [0, 0.1) is 16.0 Å². The Morgan fingerprint density at radius 2 is 1.61 bits per heavy atom. The van der Waals surface area contributed by atoms with Gasteiger partial charge in [-0.15, -0.1) is 0 Å². The molecule has 8 heteroatoms. The highest BCUT2D eigenvalue weighted by Gasteiger charge is 2.14. The molecule has 1 unspecified atom stereocenters. The summed E-state index contributed by atoms with van der Waals surface area (Å²) in [4.78, 5) is 34.4. The lowest BCUT2D eigenvalue weighted by Crippen LogP contribution is -2.31. The van der Waals surface area contributed by atoms with Crippen molar-refractivity contribution >= 4 is 34.6 Å². The lowest BCUT2D eigenvalue weighted by atomic mass is 10.1. The molecule has 0 spiro atoms. The average Bonchev–Trinajstić information content (AvgIpc) is 2.62. The molecule has 2 aromatic rings. The van der Waals surface area contributed by atoms with Crippen molar-refractivity contribution in [2.75, 3.05) is 16.0 Å². The van der Waals surface area contributed by atoms with Gasteiger partial charge in [-0.25, -0.2) is 0 Å². The Morgan fingerprint density at radius 3 is 2.21 bits per heavy atom. The first-order valence-electron chi connectivity index (χ1n) is 8.96. The largest absolute Gasteiger partial charge is 0.374 e. The van der Waals surface area contributed by atoms with Crippen molar-refractivity contribution < 1.29 is 14.5 Å². The minimum Gasteiger partial charge on any atom is -0.374 e. The van der Waals surface area contributed by atoms with E-state index >= 15 is 0 Å². The number of rotatable bonds is 8. The SMILES string of the molecule is CC(C)CC(=O)Nc1ccc(NC(C)C(=O)Nc2cccc([N+](=O)[O-])c2)cc1. The third kappa shape index (κ3) is 6.39. The van der Waals surface area contributed by atoms with Crippen LogP contribution in [0.15, 0.2) is 48.5 Å². The van der Waals surface area contributed by atoms with Gasteiger partial charge < -0.3 is 16.0 Å². The van der Waals surface area contributed by atoms with Crippen molar-refractivity contribution in [3.8, 4) is 0 Å². The van der Waals surface area contributed by atoms with Crippen LogP contribution in [0.2, 0.25) is 0 Å². The Bertz CT molecular complexity index is 850. The predicted molar refractivity (Wildman–Crippen MR) is 109 cm³/mol. The molecule has 0 saturated heterocycles. The standard InChI is InChI=1S/C20H24N4O4/c1-13(2)11-19(25)22-16-9-7-15(8-10-16)21-14(3)20(26)23-17-5-4-6-18(12-17)24(27)28/h4-10,12-14,21H,11H2,1-3H3,(H,22,25)(H,23,26). The first-order valence-corrected chi connectivity index (χ1v) is 8.96. The van der Waals surface area contributed by atoms with Gasteiger partial charge in [0, 0.05) is 35.6 Å². The quantitative estimate of drug-likeness (QED) is 0.470. The predicted octanol–water partition coefficient (Wildman–Crippen LogP) is 4.02. The summed E-state index contributed by atoms with van der Waals surface area (Å²) in [5.74, 6) is -0.0819. The summed E-state index contributed by atoms with van der Waals surface area (Å²) in [6.07, 6.45) is 0.453. The molecule has 0 radical (unpaired) electrons. The van der Waals surface area contributed by atoms with E-state index in [-0.39, 0.29) is 23.4 Å². The van der Waals surface area contributed by atoms with Crippen LogP contribution in [0.5, 0.6) is 0 Å². The molecule has 28 heavy (non-hydrogen) atoms. The van der Waals surface area contributed by atoms with Crippen molar-refractivity contribution in [2.45, 2.75) is 33.2 Å². The molecule has 2 aromatic carbocycles. The second kappa shape index (κ2) is 9.50. The summed E-state index contributed by atoms with van der Waals surface area (Å²) in [6.45, 7) is 5.64. The number of carbonyl (C=O) groups is 2. The van der Waals surface area contributed by atoms with Crippen LogP contribution in [-0.2, 0) is 9.59 Å². The Labute approximate surface area is 163 Å². The Morgan fingerprint density at radius 1 is 0.964 bits per heavy atom. The fourth-order valence-electron chi connectivity index (χ4n) is 2.50. The van der Waals surface area contributed by atoms with E-state index in [1.165, 1.54) is 18.2 Å². The maximum atomic E-state index is 12.3. The van der Waals surface area contributed by atoms with E-state index in [1.54, 1.807) is 37.3 Å². The number of hydrogen-bond acceptors (Lipinski definition) is 5. The molecule has 2 rings (SSSR count). The number of benzene rings is 2. The van der Waals surface area contributed by atoms with Crippen LogP contribution in [0.4, 0.5) is 22.7 Å². The van der Waals surface area contributed by atoms with Gasteiger partial charge in [-0.1, -0.05) is 19.9 Å². The number of hydrogen-bond donors (Lipinski definition) is 3. The summed E-state index contributed by atoms with van der Waals surface area (Å²) in [5, 5.41) is 19.3. The second-order valence-electron chi connectivity index (χ2n) is 6.89. The molecular weight excluding hydrogens is 360 g/mol. The zero-order chi connectivity index (χ0) is 20.7. The molecule has 8 nitrogen and oxygen atoms in total. The lowest BCUT2D eigenvalue weighted by molar-refractivity contribution is -0.384. The highest BCUT2D eigenvalue weighted by molar-refractivity contribution is 5.96. The van der Waals surface area contributed by atoms with Crippen LogP contribution in [0.1, 0.15) is 27.2 Å².